The first-order valence-corrected chi connectivity index (χ1v) is 10.2. The Morgan fingerprint density at radius 2 is 1.93 bits per heavy atom. The highest BCUT2D eigenvalue weighted by atomic mass is 35.5. The first kappa shape index (κ1) is 23.9. The van der Waals surface area contributed by atoms with Crippen LogP contribution in [0.4, 0.5) is 5.82 Å². The summed E-state index contributed by atoms with van der Waals surface area (Å²) in [5.74, 6) is 1.56. The zero-order valence-corrected chi connectivity index (χ0v) is 18.6. The Bertz CT molecular complexity index is 811. The Labute approximate surface area is 182 Å². The fraction of sp³-hybridized carbons (Fsp3) is 0.476. The molecule has 3 N–H and O–H groups in total. The Balaban J connectivity index is 1.68. The number of hydrogen-bond acceptors (Lipinski definition) is 8. The molecular weight excluding hydrogens is 406 g/mol. The molecular formula is C21H30ClN5O3. The van der Waals surface area contributed by atoms with Gasteiger partial charge in [0.1, 0.15) is 18.5 Å². The molecule has 2 aromatic rings. The molecule has 1 atom stereocenters. The Hall–Kier alpha value is -2.42. The molecule has 1 heterocycles. The van der Waals surface area contributed by atoms with E-state index in [0.29, 0.717) is 42.0 Å². The van der Waals surface area contributed by atoms with Gasteiger partial charge in [-0.15, -0.1) is 10.2 Å². The molecule has 0 spiro atoms. The quantitative estimate of drug-likeness (QED) is 0.346. The van der Waals surface area contributed by atoms with Crippen LogP contribution >= 0.6 is 11.6 Å². The van der Waals surface area contributed by atoms with E-state index in [9.17, 15) is 5.11 Å². The van der Waals surface area contributed by atoms with Gasteiger partial charge in [-0.05, 0) is 52.3 Å². The molecule has 0 radical (unpaired) electrons. The summed E-state index contributed by atoms with van der Waals surface area (Å²) in [6.07, 6.45) is 0.0494. The van der Waals surface area contributed by atoms with Gasteiger partial charge in [0.05, 0.1) is 11.6 Å². The maximum absolute atomic E-state index is 10.2. The predicted molar refractivity (Wildman–Crippen MR) is 120 cm³/mol. The molecule has 0 fully saturated rings. The van der Waals surface area contributed by atoms with E-state index in [4.69, 9.17) is 21.1 Å². The fourth-order valence-electron chi connectivity index (χ4n) is 2.33. The van der Waals surface area contributed by atoms with Crippen LogP contribution in [-0.4, -0.2) is 52.4 Å². The molecule has 1 aromatic carbocycles. The van der Waals surface area contributed by atoms with E-state index in [0.717, 1.165) is 5.71 Å². The topological polar surface area (TPSA) is 101 Å². The number of halogens is 1. The lowest BCUT2D eigenvalue weighted by atomic mass is 10.0. The van der Waals surface area contributed by atoms with Crippen LogP contribution in [-0.2, 0) is 0 Å². The second-order valence-corrected chi connectivity index (χ2v) is 8.09. The molecule has 9 heteroatoms. The summed E-state index contributed by atoms with van der Waals surface area (Å²) in [6.45, 7) is 8.86. The van der Waals surface area contributed by atoms with Gasteiger partial charge in [-0.3, -0.25) is 5.43 Å². The Morgan fingerprint density at radius 1 is 1.17 bits per heavy atom. The number of aliphatic hydroxyl groups excluding tert-OH is 1. The van der Waals surface area contributed by atoms with Crippen molar-refractivity contribution in [1.82, 2.24) is 15.5 Å². The van der Waals surface area contributed by atoms with E-state index in [-0.39, 0.29) is 12.1 Å². The third-order valence-corrected chi connectivity index (χ3v) is 4.41. The van der Waals surface area contributed by atoms with E-state index >= 15 is 0 Å². The molecule has 2 rings (SSSR count). The SMILES string of the molecule is CC(C)=NNc1ccc(OCCC(C)(C)NCC(O)COc2ccccc2Cl)nn1. The number of hydrazone groups is 1. The minimum Gasteiger partial charge on any atom is -0.489 e. The number of anilines is 1. The number of rotatable bonds is 12. The van der Waals surface area contributed by atoms with Crippen molar-refractivity contribution in [1.29, 1.82) is 0 Å². The van der Waals surface area contributed by atoms with Crippen molar-refractivity contribution in [2.45, 2.75) is 45.8 Å². The van der Waals surface area contributed by atoms with E-state index in [2.05, 4.69) is 26.0 Å². The monoisotopic (exact) mass is 435 g/mol. The van der Waals surface area contributed by atoms with Crippen molar-refractivity contribution in [3.05, 3.63) is 41.4 Å². The summed E-state index contributed by atoms with van der Waals surface area (Å²) in [5.41, 5.74) is 3.46. The number of nitrogens with zero attached hydrogens (tertiary/aromatic N) is 3. The third-order valence-electron chi connectivity index (χ3n) is 4.10. The van der Waals surface area contributed by atoms with Gasteiger partial charge in [-0.25, -0.2) is 0 Å². The molecule has 0 aliphatic rings. The van der Waals surface area contributed by atoms with Crippen molar-refractivity contribution in [2.24, 2.45) is 5.10 Å². The number of para-hydroxylation sites is 1. The van der Waals surface area contributed by atoms with Gasteiger partial charge in [0, 0.05) is 23.9 Å². The molecule has 0 amide bonds. The standard InChI is InChI=1S/C21H30ClN5O3/c1-15(2)24-25-19-9-10-20(27-26-19)29-12-11-21(3,4)23-13-16(28)14-30-18-8-6-5-7-17(18)22/h5-10,16,23,28H,11-14H2,1-4H3,(H,25,26). The highest BCUT2D eigenvalue weighted by Crippen LogP contribution is 2.23. The predicted octanol–water partition coefficient (Wildman–Crippen LogP) is 3.51. The van der Waals surface area contributed by atoms with Crippen LogP contribution < -0.4 is 20.2 Å². The molecule has 164 valence electrons. The summed E-state index contributed by atoms with van der Waals surface area (Å²) in [6, 6.07) is 10.7. The summed E-state index contributed by atoms with van der Waals surface area (Å²) in [5, 5.41) is 26.1. The van der Waals surface area contributed by atoms with Crippen molar-refractivity contribution in [3.8, 4) is 11.6 Å². The second-order valence-electron chi connectivity index (χ2n) is 7.69. The van der Waals surface area contributed by atoms with E-state index in [1.54, 1.807) is 24.3 Å². The van der Waals surface area contributed by atoms with Gasteiger partial charge in [0.2, 0.25) is 5.88 Å². The average Bonchev–Trinajstić information content (AvgIpc) is 2.71. The Morgan fingerprint density at radius 3 is 2.60 bits per heavy atom. The van der Waals surface area contributed by atoms with Crippen LogP contribution in [0.2, 0.25) is 5.02 Å². The van der Waals surface area contributed by atoms with E-state index < -0.39 is 6.10 Å². The zero-order chi connectivity index (χ0) is 22.0. The van der Waals surface area contributed by atoms with Crippen LogP contribution in [0.1, 0.15) is 34.1 Å². The molecule has 0 bridgehead atoms. The minimum absolute atomic E-state index is 0.154. The normalized spacial score (nSPS) is 12.2. The number of benzene rings is 1. The molecule has 0 aliphatic heterocycles. The lowest BCUT2D eigenvalue weighted by molar-refractivity contribution is 0.0964. The smallest absolute Gasteiger partial charge is 0.233 e. The number of nitrogens with one attached hydrogen (secondary N) is 2. The summed E-state index contributed by atoms with van der Waals surface area (Å²) >= 11 is 6.05. The second kappa shape index (κ2) is 11.7. The van der Waals surface area contributed by atoms with Gasteiger partial charge in [0.15, 0.2) is 5.82 Å². The first-order valence-electron chi connectivity index (χ1n) is 9.79. The maximum atomic E-state index is 10.2. The minimum atomic E-state index is -0.665. The van der Waals surface area contributed by atoms with Gasteiger partial charge in [-0.2, -0.15) is 5.10 Å². The van der Waals surface area contributed by atoms with Crippen LogP contribution in [0, 0.1) is 0 Å². The van der Waals surface area contributed by atoms with Gasteiger partial charge in [0.25, 0.3) is 0 Å². The first-order chi connectivity index (χ1) is 14.2. The lowest BCUT2D eigenvalue weighted by Crippen LogP contribution is -2.45. The summed E-state index contributed by atoms with van der Waals surface area (Å²) in [7, 11) is 0. The van der Waals surface area contributed by atoms with E-state index in [1.165, 1.54) is 0 Å². The van der Waals surface area contributed by atoms with Crippen molar-refractivity contribution < 1.29 is 14.6 Å². The molecule has 0 saturated heterocycles. The van der Waals surface area contributed by atoms with Gasteiger partial charge < -0.3 is 19.9 Å². The number of β-amino-alcohol motifs (C(OH)–C–C–N with tert-alkyl or cyclic N) is 1. The average molecular weight is 436 g/mol. The van der Waals surface area contributed by atoms with Crippen molar-refractivity contribution in [2.75, 3.05) is 25.2 Å². The number of aromatic nitrogens is 2. The van der Waals surface area contributed by atoms with Crippen LogP contribution in [0.3, 0.4) is 0 Å². The van der Waals surface area contributed by atoms with Crippen LogP contribution in [0.25, 0.3) is 0 Å². The number of aliphatic hydroxyl groups is 1. The van der Waals surface area contributed by atoms with Crippen molar-refractivity contribution >= 4 is 23.1 Å². The fourth-order valence-corrected chi connectivity index (χ4v) is 2.52. The highest BCUT2D eigenvalue weighted by Gasteiger charge is 2.19. The molecule has 1 aromatic heterocycles. The van der Waals surface area contributed by atoms with E-state index in [1.807, 2.05) is 39.8 Å². The van der Waals surface area contributed by atoms with Crippen LogP contribution in [0.15, 0.2) is 41.5 Å². The maximum Gasteiger partial charge on any atom is 0.233 e. The highest BCUT2D eigenvalue weighted by molar-refractivity contribution is 6.32. The van der Waals surface area contributed by atoms with Crippen LogP contribution in [0.5, 0.6) is 11.6 Å². The van der Waals surface area contributed by atoms with Gasteiger partial charge >= 0.3 is 0 Å². The van der Waals surface area contributed by atoms with Crippen molar-refractivity contribution in [3.63, 3.8) is 0 Å². The molecule has 0 aliphatic carbocycles. The lowest BCUT2D eigenvalue weighted by Gasteiger charge is -2.27. The molecule has 0 saturated carbocycles. The van der Waals surface area contributed by atoms with Gasteiger partial charge in [-0.1, -0.05) is 23.7 Å². The summed E-state index contributed by atoms with van der Waals surface area (Å²) in [4.78, 5) is 0. The summed E-state index contributed by atoms with van der Waals surface area (Å²) < 4.78 is 11.2. The molecule has 1 unspecified atom stereocenters. The largest absolute Gasteiger partial charge is 0.489 e. The number of ether oxygens (including phenoxy) is 2. The number of hydrogen-bond donors (Lipinski definition) is 3. The molecule has 30 heavy (non-hydrogen) atoms. The Kier molecular flexibility index (Phi) is 9.29. The zero-order valence-electron chi connectivity index (χ0n) is 17.9. The third kappa shape index (κ3) is 8.94. The molecule has 8 nitrogen and oxygen atoms in total.